The minimum atomic E-state index is -0.447. The molecule has 1 saturated carbocycles. The zero-order valence-corrected chi connectivity index (χ0v) is 12.0. The monoisotopic (exact) mass is 265 g/mol. The Morgan fingerprint density at radius 3 is 2.53 bits per heavy atom. The molecule has 0 aliphatic heterocycles. The van der Waals surface area contributed by atoms with E-state index >= 15 is 0 Å². The molecule has 0 atom stereocenters. The van der Waals surface area contributed by atoms with Crippen LogP contribution < -0.4 is 11.3 Å². The highest BCUT2D eigenvalue weighted by Gasteiger charge is 2.39. The van der Waals surface area contributed by atoms with Crippen LogP contribution in [-0.2, 0) is 10.3 Å². The normalized spacial score (nSPS) is 18.1. The van der Waals surface area contributed by atoms with Gasteiger partial charge in [-0.25, -0.2) is 4.98 Å². The Hall–Kier alpha value is -1.36. The van der Waals surface area contributed by atoms with Crippen molar-refractivity contribution in [3.8, 4) is 0 Å². The Balaban J connectivity index is 2.48. The minimum Gasteiger partial charge on any atom is -0.383 e. The molecule has 3 N–H and O–H groups in total. The van der Waals surface area contributed by atoms with E-state index in [0.717, 1.165) is 25.7 Å². The van der Waals surface area contributed by atoms with E-state index in [4.69, 9.17) is 10.5 Å². The number of nitrogens with one attached hydrogen (secondary N) is 1. The highest BCUT2D eigenvalue weighted by Crippen LogP contribution is 2.40. The lowest BCUT2D eigenvalue weighted by atomic mass is 9.99. The van der Waals surface area contributed by atoms with E-state index < -0.39 is 5.60 Å². The van der Waals surface area contributed by atoms with Crippen molar-refractivity contribution in [3.63, 3.8) is 0 Å². The fraction of sp³-hybridized carbons (Fsp3) is 0.714. The van der Waals surface area contributed by atoms with E-state index in [1.165, 1.54) is 0 Å². The van der Waals surface area contributed by atoms with Gasteiger partial charge in [-0.3, -0.25) is 4.79 Å². The van der Waals surface area contributed by atoms with Crippen molar-refractivity contribution in [3.05, 3.63) is 21.7 Å². The molecule has 1 aromatic heterocycles. The Morgan fingerprint density at radius 2 is 2.05 bits per heavy atom. The Labute approximate surface area is 113 Å². The third-order valence-corrected chi connectivity index (χ3v) is 3.83. The molecule has 106 valence electrons. The summed E-state index contributed by atoms with van der Waals surface area (Å²) >= 11 is 0. The molecule has 19 heavy (non-hydrogen) atoms. The first-order valence-electron chi connectivity index (χ1n) is 7.04. The largest absolute Gasteiger partial charge is 0.383 e. The molecule has 0 saturated heterocycles. The van der Waals surface area contributed by atoms with Gasteiger partial charge in [0.05, 0.1) is 5.56 Å². The zero-order valence-electron chi connectivity index (χ0n) is 12.0. The van der Waals surface area contributed by atoms with Crippen LogP contribution in [-0.4, -0.2) is 16.6 Å². The predicted octanol–water partition coefficient (Wildman–Crippen LogP) is 2.28. The summed E-state index contributed by atoms with van der Waals surface area (Å²) in [7, 11) is 0. The smallest absolute Gasteiger partial charge is 0.256 e. The first-order chi connectivity index (χ1) is 9.00. The molecule has 1 heterocycles. The topological polar surface area (TPSA) is 81.0 Å². The van der Waals surface area contributed by atoms with E-state index in [2.05, 4.69) is 9.97 Å². The van der Waals surface area contributed by atoms with Crippen LogP contribution in [0, 0.1) is 0 Å². The van der Waals surface area contributed by atoms with Crippen LogP contribution in [0.15, 0.2) is 4.79 Å². The van der Waals surface area contributed by atoms with Crippen molar-refractivity contribution in [1.29, 1.82) is 0 Å². The van der Waals surface area contributed by atoms with Crippen molar-refractivity contribution in [2.24, 2.45) is 0 Å². The highest BCUT2D eigenvalue weighted by atomic mass is 16.5. The van der Waals surface area contributed by atoms with Gasteiger partial charge in [0.15, 0.2) is 0 Å². The van der Waals surface area contributed by atoms with E-state index in [1.54, 1.807) is 0 Å². The third-order valence-electron chi connectivity index (χ3n) is 3.83. The number of hydrogen-bond acceptors (Lipinski definition) is 4. The van der Waals surface area contributed by atoms with Crippen molar-refractivity contribution in [1.82, 2.24) is 9.97 Å². The van der Waals surface area contributed by atoms with Crippen LogP contribution in [0.2, 0.25) is 0 Å². The van der Waals surface area contributed by atoms with Gasteiger partial charge in [0.1, 0.15) is 17.2 Å². The molecule has 0 amide bonds. The molecule has 1 fully saturated rings. The van der Waals surface area contributed by atoms with Crippen molar-refractivity contribution in [2.45, 2.75) is 58.0 Å². The highest BCUT2D eigenvalue weighted by molar-refractivity contribution is 5.40. The average molecular weight is 265 g/mol. The van der Waals surface area contributed by atoms with Gasteiger partial charge in [0.2, 0.25) is 0 Å². The number of nitrogens with two attached hydrogens (primary N) is 1. The molecule has 1 aliphatic carbocycles. The van der Waals surface area contributed by atoms with Crippen molar-refractivity contribution < 1.29 is 4.74 Å². The summed E-state index contributed by atoms with van der Waals surface area (Å²) in [5.74, 6) is 0.996. The lowest BCUT2D eigenvalue weighted by Crippen LogP contribution is -2.33. The predicted molar refractivity (Wildman–Crippen MR) is 75.1 cm³/mol. The molecule has 5 heteroatoms. The summed E-state index contributed by atoms with van der Waals surface area (Å²) in [6.07, 6.45) is 3.97. The number of hydrogen-bond donors (Lipinski definition) is 2. The van der Waals surface area contributed by atoms with E-state index in [-0.39, 0.29) is 11.5 Å². The van der Waals surface area contributed by atoms with Gasteiger partial charge in [0, 0.05) is 6.61 Å². The second-order valence-corrected chi connectivity index (χ2v) is 5.50. The van der Waals surface area contributed by atoms with Crippen LogP contribution in [0.1, 0.15) is 63.8 Å². The second kappa shape index (κ2) is 5.33. The Bertz CT molecular complexity index is 502. The summed E-state index contributed by atoms with van der Waals surface area (Å²) < 4.78 is 5.90. The molecule has 1 aliphatic rings. The van der Waals surface area contributed by atoms with Crippen molar-refractivity contribution in [2.75, 3.05) is 12.3 Å². The lowest BCUT2D eigenvalue weighted by Gasteiger charge is -2.28. The Kier molecular flexibility index (Phi) is 3.94. The summed E-state index contributed by atoms with van der Waals surface area (Å²) in [6.45, 7) is 6.45. The minimum absolute atomic E-state index is 0.0666. The molecule has 0 unspecified atom stereocenters. The molecule has 2 rings (SSSR count). The quantitative estimate of drug-likeness (QED) is 0.875. The molecular formula is C14H23N3O2. The van der Waals surface area contributed by atoms with Crippen LogP contribution in [0.4, 0.5) is 5.82 Å². The number of ether oxygens (including phenoxy) is 1. The number of H-pyrrole nitrogens is 1. The number of aromatic nitrogens is 2. The van der Waals surface area contributed by atoms with Gasteiger partial charge in [-0.15, -0.1) is 0 Å². The molecule has 0 spiro atoms. The van der Waals surface area contributed by atoms with Gasteiger partial charge in [-0.1, -0.05) is 13.8 Å². The number of anilines is 1. The van der Waals surface area contributed by atoms with Gasteiger partial charge < -0.3 is 15.5 Å². The fourth-order valence-electron chi connectivity index (χ4n) is 2.95. The summed E-state index contributed by atoms with van der Waals surface area (Å²) in [6, 6.07) is 0. The fourth-order valence-corrected chi connectivity index (χ4v) is 2.95. The number of aromatic amines is 1. The third kappa shape index (κ3) is 2.52. The number of rotatable bonds is 4. The molecular weight excluding hydrogens is 242 g/mol. The SMILES string of the molecule is CCOC1(c2nc(N)c(C(C)C)c(=O)[nH]2)CCCC1. The zero-order chi connectivity index (χ0) is 14.0. The molecule has 5 nitrogen and oxygen atoms in total. The molecule has 0 radical (unpaired) electrons. The maximum atomic E-state index is 12.2. The van der Waals surface area contributed by atoms with Crippen LogP contribution in [0.25, 0.3) is 0 Å². The van der Waals surface area contributed by atoms with E-state index in [0.29, 0.717) is 23.8 Å². The molecule has 0 aromatic carbocycles. The number of nitrogens with zero attached hydrogens (tertiary/aromatic N) is 1. The van der Waals surface area contributed by atoms with Crippen LogP contribution in [0.5, 0.6) is 0 Å². The summed E-state index contributed by atoms with van der Waals surface area (Å²) in [5, 5.41) is 0. The first-order valence-corrected chi connectivity index (χ1v) is 7.04. The van der Waals surface area contributed by atoms with Crippen molar-refractivity contribution >= 4 is 5.82 Å². The second-order valence-electron chi connectivity index (χ2n) is 5.50. The number of nitrogen functional groups attached to an aromatic ring is 1. The van der Waals surface area contributed by atoms with Gasteiger partial charge in [0.25, 0.3) is 5.56 Å². The lowest BCUT2D eigenvalue weighted by molar-refractivity contribution is -0.0458. The van der Waals surface area contributed by atoms with Gasteiger partial charge >= 0.3 is 0 Å². The summed E-state index contributed by atoms with van der Waals surface area (Å²) in [4.78, 5) is 19.5. The summed E-state index contributed by atoms with van der Waals surface area (Å²) in [5.41, 5.74) is 5.94. The van der Waals surface area contributed by atoms with E-state index in [9.17, 15) is 4.79 Å². The Morgan fingerprint density at radius 1 is 1.42 bits per heavy atom. The molecule has 0 bridgehead atoms. The van der Waals surface area contributed by atoms with Gasteiger partial charge in [-0.2, -0.15) is 0 Å². The molecule has 1 aromatic rings. The standard InChI is InChI=1S/C14H23N3O2/c1-4-19-14(7-5-6-8-14)13-16-11(15)10(9(2)3)12(18)17-13/h9H,4-8H2,1-3H3,(H3,15,16,17,18). The maximum Gasteiger partial charge on any atom is 0.256 e. The van der Waals surface area contributed by atoms with Crippen LogP contribution >= 0.6 is 0 Å². The first kappa shape index (κ1) is 14.1. The van der Waals surface area contributed by atoms with E-state index in [1.807, 2.05) is 20.8 Å². The maximum absolute atomic E-state index is 12.2. The average Bonchev–Trinajstić information content (AvgIpc) is 2.77. The van der Waals surface area contributed by atoms with Gasteiger partial charge in [-0.05, 0) is 38.5 Å². The van der Waals surface area contributed by atoms with Crippen LogP contribution in [0.3, 0.4) is 0 Å².